The van der Waals surface area contributed by atoms with Crippen LogP contribution in [0.1, 0.15) is 0 Å². The third-order valence-corrected chi connectivity index (χ3v) is 5.60. The van der Waals surface area contributed by atoms with E-state index in [2.05, 4.69) is 0 Å². The monoisotopic (exact) mass is 429 g/mol. The fourth-order valence-electron chi connectivity index (χ4n) is 1.99. The first kappa shape index (κ1) is 25.2. The molecule has 0 fully saturated rings. The molecule has 0 aliphatic rings. The predicted octanol–water partition coefficient (Wildman–Crippen LogP) is -0.599. The number of fused-ring (bicyclic) bond motifs is 1. The van der Waals surface area contributed by atoms with E-state index in [9.17, 15) is 29.8 Å². The molecule has 0 bridgehead atoms. The molecule has 0 unspecified atom stereocenters. The number of nitrogens with two attached hydrogens (primary N) is 1. The van der Waals surface area contributed by atoms with Gasteiger partial charge in [0, 0.05) is 64.5 Å². The van der Waals surface area contributed by atoms with Crippen LogP contribution in [-0.2, 0) is 30.4 Å². The maximum atomic E-state index is 11.5. The third-order valence-electron chi connectivity index (χ3n) is 2.90. The van der Waals surface area contributed by atoms with Crippen LogP contribution in [0.3, 0.4) is 0 Å². The number of nitrogen functional groups attached to an aromatic ring is 1. The number of hydrogen-bond donors (Lipinski definition) is 4. The Morgan fingerprint density at radius 2 is 1.28 bits per heavy atom. The van der Waals surface area contributed by atoms with Gasteiger partial charge in [0.25, 0.3) is 30.4 Å². The van der Waals surface area contributed by atoms with Crippen molar-refractivity contribution in [2.45, 2.75) is 14.7 Å². The Kier molecular flexibility index (Phi) is 8.15. The van der Waals surface area contributed by atoms with Gasteiger partial charge in [-0.1, -0.05) is 6.07 Å². The zero-order valence-corrected chi connectivity index (χ0v) is 19.4. The number of rotatable bonds is 3. The Labute approximate surface area is 187 Å². The molecule has 128 valence electrons. The Bertz CT molecular complexity index is 1140. The van der Waals surface area contributed by atoms with Crippen molar-refractivity contribution in [3.8, 4) is 0 Å². The van der Waals surface area contributed by atoms with E-state index in [4.69, 9.17) is 14.8 Å². The molecule has 0 aliphatic heterocycles. The molecule has 0 amide bonds. The molecular formula is C10H9NNa2O9S3. The number of hydrogen-bond acceptors (Lipinski definition) is 7. The summed E-state index contributed by atoms with van der Waals surface area (Å²) in [6.07, 6.45) is 0. The normalized spacial score (nSPS) is 12.3. The van der Waals surface area contributed by atoms with E-state index in [0.29, 0.717) is 6.07 Å². The third kappa shape index (κ3) is 5.37. The minimum Gasteiger partial charge on any atom is -0.396 e. The Morgan fingerprint density at radius 3 is 1.68 bits per heavy atom. The first-order valence-electron chi connectivity index (χ1n) is 5.51. The second-order valence-corrected chi connectivity index (χ2v) is 8.60. The molecule has 5 N–H and O–H groups in total. The molecule has 2 aromatic carbocycles. The summed E-state index contributed by atoms with van der Waals surface area (Å²) in [5, 5.41) is -0.612. The van der Waals surface area contributed by atoms with Gasteiger partial charge in [-0.15, -0.1) is 0 Å². The van der Waals surface area contributed by atoms with E-state index < -0.39 is 50.7 Å². The molecule has 0 heterocycles. The van der Waals surface area contributed by atoms with Crippen molar-refractivity contribution in [2.24, 2.45) is 0 Å². The van der Waals surface area contributed by atoms with Crippen LogP contribution < -0.4 is 5.73 Å². The fourth-order valence-corrected chi connectivity index (χ4v) is 4.08. The first-order valence-corrected chi connectivity index (χ1v) is 9.83. The summed E-state index contributed by atoms with van der Waals surface area (Å²) in [6, 6.07) is 3.21. The van der Waals surface area contributed by atoms with Crippen molar-refractivity contribution in [3.63, 3.8) is 0 Å². The standard InChI is InChI=1S/C10H9NO9S3.2Na/c11-9-8(22(15,16)17)4-5-3-6(21(12,13)14)1-2-7(5)10(9)23(18,19)20;;/h1-4H,11H2,(H,12,13,14)(H,15,16,17)(H,18,19,20);;. The molecule has 0 saturated carbocycles. The molecule has 2 rings (SSSR count). The SMILES string of the molecule is Nc1c(S(=O)(=O)O)cc2cc(S(=O)(=O)O)ccc2c1S(=O)(=O)O.[Na].[Na]. The van der Waals surface area contributed by atoms with Gasteiger partial charge >= 0.3 is 0 Å². The largest absolute Gasteiger partial charge is 0.396 e. The molecular weight excluding hydrogens is 420 g/mol. The van der Waals surface area contributed by atoms with Crippen molar-refractivity contribution in [1.82, 2.24) is 0 Å². The smallest absolute Gasteiger partial charge is 0.297 e. The van der Waals surface area contributed by atoms with Gasteiger partial charge in [-0.05, 0) is 23.6 Å². The van der Waals surface area contributed by atoms with Crippen molar-refractivity contribution < 1.29 is 38.9 Å². The molecule has 2 aromatic rings. The zero-order valence-electron chi connectivity index (χ0n) is 12.9. The molecule has 2 radical (unpaired) electrons. The minimum atomic E-state index is -5.00. The van der Waals surface area contributed by atoms with Gasteiger partial charge in [0.05, 0.1) is 10.6 Å². The fraction of sp³-hybridized carbons (Fsp3) is 0. The molecule has 0 saturated heterocycles. The molecule has 15 heteroatoms. The summed E-state index contributed by atoms with van der Waals surface area (Å²) in [5.74, 6) is 0. The van der Waals surface area contributed by atoms with Crippen molar-refractivity contribution in [3.05, 3.63) is 24.3 Å². The average molecular weight is 429 g/mol. The van der Waals surface area contributed by atoms with Gasteiger partial charge in [0.15, 0.2) is 0 Å². The van der Waals surface area contributed by atoms with Gasteiger partial charge in [0.2, 0.25) is 0 Å². The van der Waals surface area contributed by atoms with Gasteiger partial charge in [0.1, 0.15) is 9.79 Å². The van der Waals surface area contributed by atoms with Crippen LogP contribution in [0.4, 0.5) is 5.69 Å². The molecule has 0 atom stereocenters. The quantitative estimate of drug-likeness (QED) is 0.278. The summed E-state index contributed by atoms with van der Waals surface area (Å²) >= 11 is 0. The van der Waals surface area contributed by atoms with Gasteiger partial charge in [-0.25, -0.2) is 0 Å². The minimum absolute atomic E-state index is 0. The zero-order chi connectivity index (χ0) is 17.8. The van der Waals surface area contributed by atoms with Crippen LogP contribution in [0.2, 0.25) is 0 Å². The first-order chi connectivity index (χ1) is 10.2. The van der Waals surface area contributed by atoms with Crippen LogP contribution in [-0.4, -0.2) is 98.0 Å². The van der Waals surface area contributed by atoms with E-state index in [1.807, 2.05) is 0 Å². The average Bonchev–Trinajstić information content (AvgIpc) is 2.33. The predicted molar refractivity (Wildman–Crippen MR) is 89.3 cm³/mol. The van der Waals surface area contributed by atoms with E-state index in [1.54, 1.807) is 0 Å². The van der Waals surface area contributed by atoms with Crippen LogP contribution in [0.5, 0.6) is 0 Å². The van der Waals surface area contributed by atoms with Crippen LogP contribution in [0.15, 0.2) is 39.0 Å². The molecule has 10 nitrogen and oxygen atoms in total. The Balaban J connectivity index is 0.00000288. The van der Waals surface area contributed by atoms with Crippen molar-refractivity contribution in [2.75, 3.05) is 5.73 Å². The van der Waals surface area contributed by atoms with Crippen LogP contribution >= 0.6 is 0 Å². The van der Waals surface area contributed by atoms with Gasteiger partial charge in [-0.3, -0.25) is 13.7 Å². The van der Waals surface area contributed by atoms with Crippen molar-refractivity contribution in [1.29, 1.82) is 0 Å². The molecule has 0 aliphatic carbocycles. The molecule has 0 spiro atoms. The summed E-state index contributed by atoms with van der Waals surface area (Å²) in [6.45, 7) is 0. The molecule has 25 heavy (non-hydrogen) atoms. The van der Waals surface area contributed by atoms with E-state index in [0.717, 1.165) is 18.2 Å². The van der Waals surface area contributed by atoms with Crippen LogP contribution in [0.25, 0.3) is 10.8 Å². The van der Waals surface area contributed by atoms with E-state index >= 15 is 0 Å². The summed E-state index contributed by atoms with van der Waals surface area (Å²) in [7, 11) is -14.6. The van der Waals surface area contributed by atoms with Gasteiger partial charge < -0.3 is 5.73 Å². The maximum Gasteiger partial charge on any atom is 0.297 e. The Hall–Kier alpha value is 0.230. The molecule has 0 aromatic heterocycles. The summed E-state index contributed by atoms with van der Waals surface area (Å²) < 4.78 is 95.0. The van der Waals surface area contributed by atoms with Crippen molar-refractivity contribution >= 4 is 106 Å². The van der Waals surface area contributed by atoms with E-state index in [1.165, 1.54) is 0 Å². The second kappa shape index (κ2) is 8.08. The second-order valence-electron chi connectivity index (χ2n) is 4.43. The van der Waals surface area contributed by atoms with E-state index in [-0.39, 0.29) is 69.9 Å². The summed E-state index contributed by atoms with van der Waals surface area (Å²) in [5.41, 5.74) is 4.47. The maximum absolute atomic E-state index is 11.5. The Morgan fingerprint density at radius 1 is 0.760 bits per heavy atom. The summed E-state index contributed by atoms with van der Waals surface area (Å²) in [4.78, 5) is -2.70. The van der Waals surface area contributed by atoms with Crippen LogP contribution in [0, 0.1) is 0 Å². The number of benzene rings is 2. The number of anilines is 1. The van der Waals surface area contributed by atoms with Gasteiger partial charge in [-0.2, -0.15) is 25.3 Å². The topological polar surface area (TPSA) is 189 Å².